The van der Waals surface area contributed by atoms with Crippen LogP contribution < -0.4 is 0 Å². The maximum Gasteiger partial charge on any atom is 0.365 e. The SMILES string of the molecule is Cc1nc2ccccc2n1Cc1csc(C(=O)O)n1. The number of carboxylic acids is 1. The number of aryl methyl sites for hydroxylation is 1. The van der Waals surface area contributed by atoms with Gasteiger partial charge >= 0.3 is 5.97 Å². The number of aromatic carboxylic acids is 1. The summed E-state index contributed by atoms with van der Waals surface area (Å²) in [5, 5.41) is 10.8. The van der Waals surface area contributed by atoms with Crippen molar-refractivity contribution in [1.82, 2.24) is 14.5 Å². The number of benzene rings is 1. The Bertz CT molecular complexity index is 760. The van der Waals surface area contributed by atoms with Crippen LogP contribution in [0.5, 0.6) is 0 Å². The summed E-state index contributed by atoms with van der Waals surface area (Å²) >= 11 is 1.15. The molecule has 1 aromatic carbocycles. The van der Waals surface area contributed by atoms with Gasteiger partial charge in [-0.05, 0) is 19.1 Å². The maximum absolute atomic E-state index is 10.8. The van der Waals surface area contributed by atoms with Crippen molar-refractivity contribution in [3.05, 3.63) is 46.2 Å². The Morgan fingerprint density at radius 3 is 2.89 bits per heavy atom. The number of fused-ring (bicyclic) bond motifs is 1. The van der Waals surface area contributed by atoms with E-state index in [4.69, 9.17) is 5.11 Å². The first kappa shape index (κ1) is 11.9. The lowest BCUT2D eigenvalue weighted by atomic mass is 10.3. The van der Waals surface area contributed by atoms with E-state index < -0.39 is 5.97 Å². The Balaban J connectivity index is 2.00. The molecular weight excluding hydrogens is 262 g/mol. The second-order valence-electron chi connectivity index (χ2n) is 4.18. The average molecular weight is 273 g/mol. The first-order chi connectivity index (χ1) is 9.15. The normalized spacial score (nSPS) is 11.0. The lowest BCUT2D eigenvalue weighted by Gasteiger charge is -2.03. The fourth-order valence-corrected chi connectivity index (χ4v) is 2.68. The van der Waals surface area contributed by atoms with E-state index in [2.05, 4.69) is 9.97 Å². The fraction of sp³-hybridized carbons (Fsp3) is 0.154. The summed E-state index contributed by atoms with van der Waals surface area (Å²) in [6, 6.07) is 7.87. The Morgan fingerprint density at radius 1 is 1.37 bits per heavy atom. The molecule has 0 aliphatic heterocycles. The molecule has 0 unspecified atom stereocenters. The summed E-state index contributed by atoms with van der Waals surface area (Å²) in [5.41, 5.74) is 2.72. The van der Waals surface area contributed by atoms with Gasteiger partial charge in [0, 0.05) is 5.38 Å². The van der Waals surface area contributed by atoms with Crippen LogP contribution in [0.15, 0.2) is 29.6 Å². The third kappa shape index (κ3) is 2.10. The van der Waals surface area contributed by atoms with Crippen LogP contribution in [0.2, 0.25) is 0 Å². The lowest BCUT2D eigenvalue weighted by molar-refractivity contribution is 0.0696. The molecule has 6 heteroatoms. The first-order valence-corrected chi connectivity index (χ1v) is 6.62. The van der Waals surface area contributed by atoms with E-state index in [0.717, 1.165) is 33.9 Å². The maximum atomic E-state index is 10.8. The molecule has 0 bridgehead atoms. The summed E-state index contributed by atoms with van der Waals surface area (Å²) in [4.78, 5) is 19.4. The van der Waals surface area contributed by atoms with Crippen LogP contribution in [0.4, 0.5) is 0 Å². The van der Waals surface area contributed by atoms with E-state index >= 15 is 0 Å². The number of aromatic nitrogens is 3. The van der Waals surface area contributed by atoms with E-state index in [9.17, 15) is 4.79 Å². The van der Waals surface area contributed by atoms with E-state index in [0.29, 0.717) is 6.54 Å². The minimum Gasteiger partial charge on any atom is -0.476 e. The zero-order chi connectivity index (χ0) is 13.4. The molecule has 1 N–H and O–H groups in total. The predicted octanol–water partition coefficient (Wildman–Crippen LogP) is 2.55. The molecule has 2 heterocycles. The Labute approximate surface area is 113 Å². The standard InChI is InChI=1S/C13H11N3O2S/c1-8-14-10-4-2-3-5-11(10)16(8)6-9-7-19-12(15-9)13(17)18/h2-5,7H,6H2,1H3,(H,17,18). The van der Waals surface area contributed by atoms with Crippen LogP contribution in [0.3, 0.4) is 0 Å². The average Bonchev–Trinajstić information content (AvgIpc) is 2.96. The summed E-state index contributed by atoms with van der Waals surface area (Å²) in [6.07, 6.45) is 0. The molecule has 96 valence electrons. The topological polar surface area (TPSA) is 68.0 Å². The molecule has 0 aliphatic carbocycles. The van der Waals surface area contributed by atoms with E-state index in [1.165, 1.54) is 0 Å². The van der Waals surface area contributed by atoms with Crippen molar-refractivity contribution in [2.45, 2.75) is 13.5 Å². The van der Waals surface area contributed by atoms with Crippen LogP contribution in [-0.4, -0.2) is 25.6 Å². The molecule has 0 spiro atoms. The smallest absolute Gasteiger partial charge is 0.365 e. The largest absolute Gasteiger partial charge is 0.476 e. The molecule has 2 aromatic heterocycles. The number of nitrogens with zero attached hydrogens (tertiary/aromatic N) is 3. The molecule has 0 saturated heterocycles. The summed E-state index contributed by atoms with van der Waals surface area (Å²) in [6.45, 7) is 2.47. The molecule has 0 fully saturated rings. The highest BCUT2D eigenvalue weighted by molar-refractivity contribution is 7.11. The number of carbonyl (C=O) groups is 1. The van der Waals surface area contributed by atoms with Gasteiger partial charge in [-0.3, -0.25) is 0 Å². The molecule has 3 rings (SSSR count). The Morgan fingerprint density at radius 2 is 2.16 bits per heavy atom. The van der Waals surface area contributed by atoms with Crippen molar-refractivity contribution in [2.24, 2.45) is 0 Å². The number of hydrogen-bond acceptors (Lipinski definition) is 4. The number of carboxylic acid groups (broad SMARTS) is 1. The Hall–Kier alpha value is -2.21. The molecule has 3 aromatic rings. The van der Waals surface area contributed by atoms with Gasteiger partial charge in [-0.2, -0.15) is 0 Å². The highest BCUT2D eigenvalue weighted by atomic mass is 32.1. The number of para-hydroxylation sites is 2. The zero-order valence-electron chi connectivity index (χ0n) is 10.2. The van der Waals surface area contributed by atoms with Crippen molar-refractivity contribution < 1.29 is 9.90 Å². The fourth-order valence-electron chi connectivity index (χ4n) is 2.04. The van der Waals surface area contributed by atoms with Crippen LogP contribution in [0.1, 0.15) is 21.3 Å². The van der Waals surface area contributed by atoms with Crippen molar-refractivity contribution in [1.29, 1.82) is 0 Å². The quantitative estimate of drug-likeness (QED) is 0.796. The summed E-state index contributed by atoms with van der Waals surface area (Å²) < 4.78 is 2.04. The van der Waals surface area contributed by atoms with Crippen LogP contribution in [-0.2, 0) is 6.54 Å². The molecule has 0 radical (unpaired) electrons. The number of hydrogen-bond donors (Lipinski definition) is 1. The van der Waals surface area contributed by atoms with Crippen molar-refractivity contribution >= 4 is 28.3 Å². The van der Waals surface area contributed by atoms with Gasteiger partial charge in [0.25, 0.3) is 0 Å². The summed E-state index contributed by atoms with van der Waals surface area (Å²) in [5.74, 6) is -0.0884. The molecule has 0 aliphatic rings. The van der Waals surface area contributed by atoms with Gasteiger partial charge in [0.05, 0.1) is 23.3 Å². The number of rotatable bonds is 3. The van der Waals surface area contributed by atoms with Gasteiger partial charge in [0.15, 0.2) is 0 Å². The van der Waals surface area contributed by atoms with Crippen molar-refractivity contribution in [2.75, 3.05) is 0 Å². The highest BCUT2D eigenvalue weighted by Gasteiger charge is 2.12. The van der Waals surface area contributed by atoms with Gasteiger partial charge < -0.3 is 9.67 Å². The van der Waals surface area contributed by atoms with Gasteiger partial charge in [0.2, 0.25) is 5.01 Å². The number of imidazole rings is 1. The van der Waals surface area contributed by atoms with Crippen molar-refractivity contribution in [3.63, 3.8) is 0 Å². The second-order valence-corrected chi connectivity index (χ2v) is 5.04. The second kappa shape index (κ2) is 4.47. The minimum absolute atomic E-state index is 0.122. The monoisotopic (exact) mass is 273 g/mol. The van der Waals surface area contributed by atoms with Crippen molar-refractivity contribution in [3.8, 4) is 0 Å². The van der Waals surface area contributed by atoms with E-state index in [-0.39, 0.29) is 5.01 Å². The zero-order valence-corrected chi connectivity index (χ0v) is 11.0. The van der Waals surface area contributed by atoms with Crippen LogP contribution in [0.25, 0.3) is 11.0 Å². The predicted molar refractivity (Wildman–Crippen MR) is 72.6 cm³/mol. The molecule has 5 nitrogen and oxygen atoms in total. The van der Waals surface area contributed by atoms with Crippen LogP contribution in [0, 0.1) is 6.92 Å². The van der Waals surface area contributed by atoms with Gasteiger partial charge in [-0.1, -0.05) is 12.1 Å². The molecule has 0 amide bonds. The Kier molecular flexibility index (Phi) is 2.79. The third-order valence-electron chi connectivity index (χ3n) is 2.90. The van der Waals surface area contributed by atoms with Gasteiger partial charge in [0.1, 0.15) is 5.82 Å². The van der Waals surface area contributed by atoms with E-state index in [1.807, 2.05) is 35.8 Å². The summed E-state index contributed by atoms with van der Waals surface area (Å²) in [7, 11) is 0. The third-order valence-corrected chi connectivity index (χ3v) is 3.78. The van der Waals surface area contributed by atoms with Gasteiger partial charge in [-0.25, -0.2) is 14.8 Å². The molecular formula is C13H11N3O2S. The number of thiazole rings is 1. The van der Waals surface area contributed by atoms with Crippen LogP contribution >= 0.6 is 11.3 Å². The first-order valence-electron chi connectivity index (χ1n) is 5.75. The van der Waals surface area contributed by atoms with E-state index in [1.54, 1.807) is 5.38 Å². The molecule has 19 heavy (non-hydrogen) atoms. The lowest BCUT2D eigenvalue weighted by Crippen LogP contribution is -2.03. The molecule has 0 saturated carbocycles. The minimum atomic E-state index is -0.983. The van der Waals surface area contributed by atoms with Gasteiger partial charge in [-0.15, -0.1) is 11.3 Å². The highest BCUT2D eigenvalue weighted by Crippen LogP contribution is 2.18. The molecule has 0 atom stereocenters.